The van der Waals surface area contributed by atoms with E-state index < -0.39 is 6.67 Å². The van der Waals surface area contributed by atoms with Crippen LogP contribution in [0.25, 0.3) is 100 Å². The van der Waals surface area contributed by atoms with Crippen molar-refractivity contribution in [2.24, 2.45) is 0 Å². The van der Waals surface area contributed by atoms with Crippen molar-refractivity contribution in [3.05, 3.63) is 181 Å². The van der Waals surface area contributed by atoms with E-state index in [0.717, 1.165) is 87.0 Å². The van der Waals surface area contributed by atoms with E-state index in [9.17, 15) is 4.39 Å². The molecule has 0 aliphatic rings. The number of fused-ring (bicyclic) bond motifs is 5. The average molecular weight is 756 g/mol. The second-order valence-electron chi connectivity index (χ2n) is 13.9. The molecule has 6 aromatic carbocycles. The molecule has 4 heterocycles. The maximum Gasteiger partial charge on any atom is 0.164 e. The van der Waals surface area contributed by atoms with Crippen molar-refractivity contribution in [1.82, 2.24) is 24.5 Å². The van der Waals surface area contributed by atoms with Gasteiger partial charge in [-0.2, -0.15) is 0 Å². The Morgan fingerprint density at radius 1 is 0.561 bits per heavy atom. The van der Waals surface area contributed by atoms with Gasteiger partial charge in [0.25, 0.3) is 0 Å². The van der Waals surface area contributed by atoms with Gasteiger partial charge < -0.3 is 4.57 Å². The number of rotatable bonds is 8. The Labute approximate surface area is 333 Å². The number of aromatic nitrogens is 5. The second kappa shape index (κ2) is 14.5. The Kier molecular flexibility index (Phi) is 8.77. The number of para-hydroxylation sites is 1. The molecule has 272 valence electrons. The minimum Gasteiger partial charge on any atom is -0.309 e. The molecule has 0 atom stereocenters. The number of allylic oxidation sites excluding steroid dienone is 1. The van der Waals surface area contributed by atoms with Gasteiger partial charge in [0.2, 0.25) is 0 Å². The predicted octanol–water partition coefficient (Wildman–Crippen LogP) is 13.4. The van der Waals surface area contributed by atoms with E-state index in [0.29, 0.717) is 17.5 Å². The fourth-order valence-electron chi connectivity index (χ4n) is 7.82. The lowest BCUT2D eigenvalue weighted by Crippen LogP contribution is -2.00. The molecule has 0 amide bonds. The number of pyridine rings is 1. The van der Waals surface area contributed by atoms with Crippen molar-refractivity contribution in [1.29, 1.82) is 0 Å². The Morgan fingerprint density at radius 2 is 1.16 bits per heavy atom. The van der Waals surface area contributed by atoms with E-state index >= 15 is 0 Å². The minimum atomic E-state index is -0.514. The quantitative estimate of drug-likeness (QED) is 0.155. The van der Waals surface area contributed by atoms with Crippen LogP contribution in [0.3, 0.4) is 0 Å². The van der Waals surface area contributed by atoms with Gasteiger partial charge in [0.1, 0.15) is 6.67 Å². The molecule has 0 N–H and O–H groups in total. The number of hydrogen-bond acceptors (Lipinski definition) is 5. The van der Waals surface area contributed by atoms with Crippen molar-refractivity contribution >= 4 is 49.3 Å². The maximum absolute atomic E-state index is 14.6. The number of thiophene rings is 1. The van der Waals surface area contributed by atoms with Gasteiger partial charge in [-0.25, -0.2) is 19.3 Å². The Balaban J connectivity index is 1.21. The van der Waals surface area contributed by atoms with Gasteiger partial charge in [0.05, 0.1) is 11.0 Å². The molecule has 0 aliphatic carbocycles. The molecule has 4 aromatic heterocycles. The van der Waals surface area contributed by atoms with Crippen molar-refractivity contribution in [2.45, 2.75) is 13.6 Å². The summed E-state index contributed by atoms with van der Waals surface area (Å²) >= 11 is 1.53. The fraction of sp³-hybridized carbons (Fsp3) is 0.0400. The molecule has 10 aromatic rings. The molecular formula is C50H34FN5S. The molecule has 0 saturated heterocycles. The lowest BCUT2D eigenvalue weighted by Gasteiger charge is -2.15. The van der Waals surface area contributed by atoms with Gasteiger partial charge in [-0.1, -0.05) is 115 Å². The van der Waals surface area contributed by atoms with E-state index in [1.54, 1.807) is 0 Å². The molecule has 0 fully saturated rings. The highest BCUT2D eigenvalue weighted by molar-refractivity contribution is 7.19. The first-order valence-electron chi connectivity index (χ1n) is 18.9. The Bertz CT molecular complexity index is 3060. The van der Waals surface area contributed by atoms with Crippen LogP contribution >= 0.6 is 11.3 Å². The fourth-order valence-corrected chi connectivity index (χ4v) is 8.86. The van der Waals surface area contributed by atoms with Crippen molar-refractivity contribution in [3.8, 4) is 62.1 Å². The molecule has 0 saturated carbocycles. The van der Waals surface area contributed by atoms with E-state index in [2.05, 4.69) is 88.4 Å². The summed E-state index contributed by atoms with van der Waals surface area (Å²) in [5.41, 5.74) is 11.0. The summed E-state index contributed by atoms with van der Waals surface area (Å²) < 4.78 is 18.0. The van der Waals surface area contributed by atoms with E-state index in [4.69, 9.17) is 15.0 Å². The molecule has 0 spiro atoms. The summed E-state index contributed by atoms with van der Waals surface area (Å²) in [5, 5.41) is 3.34. The third kappa shape index (κ3) is 6.19. The summed E-state index contributed by atoms with van der Waals surface area (Å²) in [4.78, 5) is 20.0. The molecule has 5 nitrogen and oxygen atoms in total. The first-order valence-corrected chi connectivity index (χ1v) is 19.7. The molecule has 0 unspecified atom stereocenters. The zero-order chi connectivity index (χ0) is 38.3. The number of nitrogens with zero attached hydrogens (tertiary/aromatic N) is 5. The summed E-state index contributed by atoms with van der Waals surface area (Å²) in [6, 6.07) is 52.2. The smallest absolute Gasteiger partial charge is 0.164 e. The van der Waals surface area contributed by atoms with Crippen LogP contribution in [0.4, 0.5) is 4.39 Å². The monoisotopic (exact) mass is 755 g/mol. The van der Waals surface area contributed by atoms with Gasteiger partial charge in [0, 0.05) is 66.1 Å². The molecule has 57 heavy (non-hydrogen) atoms. The van der Waals surface area contributed by atoms with Crippen LogP contribution in [-0.4, -0.2) is 24.5 Å². The average Bonchev–Trinajstić information content (AvgIpc) is 3.82. The number of hydrogen-bond donors (Lipinski definition) is 0. The number of halogens is 1. The summed E-state index contributed by atoms with van der Waals surface area (Å²) in [6.45, 7) is 1.47. The third-order valence-electron chi connectivity index (χ3n) is 10.4. The first kappa shape index (κ1) is 34.4. The predicted molar refractivity (Wildman–Crippen MR) is 234 cm³/mol. The van der Waals surface area contributed by atoms with Crippen LogP contribution in [0.2, 0.25) is 0 Å². The minimum absolute atomic E-state index is 0.514. The highest BCUT2D eigenvalue weighted by Crippen LogP contribution is 2.44. The van der Waals surface area contributed by atoms with Gasteiger partial charge in [-0.05, 0) is 77.7 Å². The van der Waals surface area contributed by atoms with Gasteiger partial charge in [-0.3, -0.25) is 4.98 Å². The molecule has 0 aliphatic heterocycles. The van der Waals surface area contributed by atoms with E-state index in [-0.39, 0.29) is 0 Å². The second-order valence-corrected chi connectivity index (χ2v) is 15.0. The third-order valence-corrected chi connectivity index (χ3v) is 11.5. The van der Waals surface area contributed by atoms with E-state index in [1.165, 1.54) is 11.3 Å². The Morgan fingerprint density at radius 3 is 1.84 bits per heavy atom. The molecule has 0 bridgehead atoms. The van der Waals surface area contributed by atoms with Crippen molar-refractivity contribution in [2.75, 3.05) is 0 Å². The van der Waals surface area contributed by atoms with Crippen LogP contribution < -0.4 is 0 Å². The van der Waals surface area contributed by atoms with Gasteiger partial charge >= 0.3 is 0 Å². The van der Waals surface area contributed by atoms with Crippen LogP contribution in [0.5, 0.6) is 0 Å². The largest absolute Gasteiger partial charge is 0.309 e. The van der Waals surface area contributed by atoms with Crippen LogP contribution in [0.1, 0.15) is 17.4 Å². The zero-order valence-corrected chi connectivity index (χ0v) is 31.8. The SMILES string of the molecule is C/C=C\c1c(CF)sc2ccc3c4ccccc4n(-c4cc(-c5ccncc5)cc(-c5cccc(-c6nc(-c7ccccc7)nc(-c7ccccc7)n6)c5)c4)c3c12. The lowest BCUT2D eigenvalue weighted by atomic mass is 9.97. The molecule has 10 rings (SSSR count). The van der Waals surface area contributed by atoms with E-state index in [1.807, 2.05) is 104 Å². The van der Waals surface area contributed by atoms with Crippen molar-refractivity contribution < 1.29 is 4.39 Å². The number of benzene rings is 6. The molecule has 0 radical (unpaired) electrons. The lowest BCUT2D eigenvalue weighted by molar-refractivity contribution is 0.491. The normalized spacial score (nSPS) is 11.7. The highest BCUT2D eigenvalue weighted by atomic mass is 32.1. The summed E-state index contributed by atoms with van der Waals surface area (Å²) in [7, 11) is 0. The maximum atomic E-state index is 14.6. The topological polar surface area (TPSA) is 56.5 Å². The first-order chi connectivity index (χ1) is 28.2. The van der Waals surface area contributed by atoms with Crippen LogP contribution in [0, 0.1) is 0 Å². The summed E-state index contributed by atoms with van der Waals surface area (Å²) in [5.74, 6) is 1.83. The standard InChI is InChI=1S/C50H34FN5S/c1-2-12-42-45(31-51)57-44-22-21-41-40-19-9-10-20-43(40)56(47(41)46(42)44)39-29-37(32-23-25-52-26-24-32)28-38(30-39)35-17-11-18-36(27-35)50-54-48(33-13-5-3-6-14-33)53-49(55-50)34-15-7-4-8-16-34/h2-30H,31H2,1H3/b12-2-. The van der Waals surface area contributed by atoms with Gasteiger partial charge in [-0.15, -0.1) is 11.3 Å². The van der Waals surface area contributed by atoms with Gasteiger partial charge in [0.15, 0.2) is 17.5 Å². The van der Waals surface area contributed by atoms with Crippen LogP contribution in [-0.2, 0) is 6.67 Å². The zero-order valence-electron chi connectivity index (χ0n) is 31.0. The Hall–Kier alpha value is -7.09. The highest BCUT2D eigenvalue weighted by Gasteiger charge is 2.21. The summed E-state index contributed by atoms with van der Waals surface area (Å²) in [6.07, 6.45) is 7.71. The molecule has 7 heteroatoms. The number of alkyl halides is 1. The van der Waals surface area contributed by atoms with Crippen LogP contribution in [0.15, 0.2) is 170 Å². The van der Waals surface area contributed by atoms with Crippen molar-refractivity contribution in [3.63, 3.8) is 0 Å². The molecular weight excluding hydrogens is 722 g/mol.